The third-order valence-electron chi connectivity index (χ3n) is 3.77. The van der Waals surface area contributed by atoms with Crippen LogP contribution in [-0.4, -0.2) is 26.2 Å². The number of ether oxygens (including phenoxy) is 1. The van der Waals surface area contributed by atoms with E-state index in [1.165, 1.54) is 6.07 Å². The molecule has 2 rings (SSSR count). The highest BCUT2D eigenvalue weighted by Gasteiger charge is 2.03. The molecule has 5 heteroatoms. The fourth-order valence-electron chi connectivity index (χ4n) is 2.53. The first-order valence-electron chi connectivity index (χ1n) is 8.55. The van der Waals surface area contributed by atoms with Crippen molar-refractivity contribution in [1.82, 2.24) is 10.6 Å². The van der Waals surface area contributed by atoms with Gasteiger partial charge in [0.15, 0.2) is 5.96 Å². The molecule has 4 nitrogen and oxygen atoms in total. The van der Waals surface area contributed by atoms with E-state index in [9.17, 15) is 4.39 Å². The maximum Gasteiger partial charge on any atom is 0.191 e. The number of benzene rings is 2. The predicted octanol–water partition coefficient (Wildman–Crippen LogP) is 3.27. The van der Waals surface area contributed by atoms with Crippen LogP contribution in [0.2, 0.25) is 0 Å². The van der Waals surface area contributed by atoms with Crippen molar-refractivity contribution in [3.05, 3.63) is 71.0 Å². The summed E-state index contributed by atoms with van der Waals surface area (Å²) in [6.07, 6.45) is 0.739. The maximum absolute atomic E-state index is 13.2. The number of methoxy groups -OCH3 is 1. The Bertz CT molecular complexity index is 688. The number of nitrogens with zero attached hydrogens (tertiary/aromatic N) is 1. The van der Waals surface area contributed by atoms with Crippen LogP contribution >= 0.6 is 0 Å². The van der Waals surface area contributed by atoms with Gasteiger partial charge in [-0.2, -0.15) is 0 Å². The van der Waals surface area contributed by atoms with Gasteiger partial charge in [0.2, 0.25) is 0 Å². The molecule has 0 heterocycles. The molecule has 0 aliphatic rings. The topological polar surface area (TPSA) is 45.7 Å². The molecular weight excluding hydrogens is 317 g/mol. The SMILES string of the molecule is CCNC(=NCc1ccccc1COC)NCCc1cccc(F)c1. The number of rotatable bonds is 8. The molecule has 0 aromatic heterocycles. The van der Waals surface area contributed by atoms with Crippen LogP contribution in [-0.2, 0) is 24.3 Å². The van der Waals surface area contributed by atoms with Crippen LogP contribution in [0.3, 0.4) is 0 Å². The Morgan fingerprint density at radius 1 is 1.08 bits per heavy atom. The van der Waals surface area contributed by atoms with Gasteiger partial charge in [-0.25, -0.2) is 9.38 Å². The minimum Gasteiger partial charge on any atom is -0.380 e. The zero-order valence-electron chi connectivity index (χ0n) is 14.9. The Morgan fingerprint density at radius 2 is 1.88 bits per heavy atom. The van der Waals surface area contributed by atoms with Crippen LogP contribution in [0.5, 0.6) is 0 Å². The van der Waals surface area contributed by atoms with E-state index in [2.05, 4.69) is 27.8 Å². The Hall–Kier alpha value is -2.40. The summed E-state index contributed by atoms with van der Waals surface area (Å²) < 4.78 is 18.5. The van der Waals surface area contributed by atoms with E-state index in [1.54, 1.807) is 19.2 Å². The van der Waals surface area contributed by atoms with Crippen LogP contribution in [0.4, 0.5) is 4.39 Å². The Labute approximate surface area is 149 Å². The summed E-state index contributed by atoms with van der Waals surface area (Å²) in [7, 11) is 1.69. The van der Waals surface area contributed by atoms with Crippen molar-refractivity contribution < 1.29 is 9.13 Å². The lowest BCUT2D eigenvalue weighted by atomic mass is 10.1. The highest BCUT2D eigenvalue weighted by atomic mass is 19.1. The standard InChI is InChI=1S/C20H26FN3O/c1-3-22-20(23-12-11-16-7-6-10-19(21)13-16)24-14-17-8-4-5-9-18(17)15-25-2/h4-10,13H,3,11-12,14-15H2,1-2H3,(H2,22,23,24). The quantitative estimate of drug-likeness (QED) is 0.571. The third-order valence-corrected chi connectivity index (χ3v) is 3.77. The van der Waals surface area contributed by atoms with Crippen molar-refractivity contribution in [3.63, 3.8) is 0 Å². The molecule has 0 amide bonds. The number of nitrogens with one attached hydrogen (secondary N) is 2. The number of guanidine groups is 1. The van der Waals surface area contributed by atoms with Crippen LogP contribution in [0.1, 0.15) is 23.6 Å². The lowest BCUT2D eigenvalue weighted by Crippen LogP contribution is -2.38. The molecule has 0 saturated carbocycles. The van der Waals surface area contributed by atoms with Gasteiger partial charge < -0.3 is 15.4 Å². The van der Waals surface area contributed by atoms with Gasteiger partial charge in [-0.05, 0) is 42.2 Å². The first kappa shape index (κ1) is 18.9. The summed E-state index contributed by atoms with van der Waals surface area (Å²) >= 11 is 0. The second kappa shape index (κ2) is 10.5. The molecule has 0 spiro atoms. The smallest absolute Gasteiger partial charge is 0.191 e. The summed E-state index contributed by atoms with van der Waals surface area (Å²) in [5.41, 5.74) is 3.25. The second-order valence-electron chi connectivity index (χ2n) is 5.70. The molecule has 25 heavy (non-hydrogen) atoms. The first-order chi connectivity index (χ1) is 12.2. The molecule has 0 bridgehead atoms. The number of aliphatic imine (C=N–C) groups is 1. The zero-order valence-corrected chi connectivity index (χ0v) is 14.9. The second-order valence-corrected chi connectivity index (χ2v) is 5.70. The van der Waals surface area contributed by atoms with Crippen LogP contribution in [0, 0.1) is 5.82 Å². The Morgan fingerprint density at radius 3 is 2.60 bits per heavy atom. The van der Waals surface area contributed by atoms with E-state index >= 15 is 0 Å². The van der Waals surface area contributed by atoms with Crippen molar-refractivity contribution in [2.24, 2.45) is 4.99 Å². The lowest BCUT2D eigenvalue weighted by molar-refractivity contribution is 0.184. The molecule has 0 saturated heterocycles. The van der Waals surface area contributed by atoms with Crippen molar-refractivity contribution in [3.8, 4) is 0 Å². The van der Waals surface area contributed by atoms with Crippen LogP contribution < -0.4 is 10.6 Å². The normalized spacial score (nSPS) is 11.4. The van der Waals surface area contributed by atoms with Crippen molar-refractivity contribution in [2.75, 3.05) is 20.2 Å². The minimum absolute atomic E-state index is 0.201. The van der Waals surface area contributed by atoms with Gasteiger partial charge in [0, 0.05) is 20.2 Å². The van der Waals surface area contributed by atoms with E-state index in [-0.39, 0.29) is 5.82 Å². The van der Waals surface area contributed by atoms with Gasteiger partial charge in [-0.3, -0.25) is 0 Å². The van der Waals surface area contributed by atoms with Gasteiger partial charge in [-0.15, -0.1) is 0 Å². The van der Waals surface area contributed by atoms with Gasteiger partial charge in [0.25, 0.3) is 0 Å². The monoisotopic (exact) mass is 343 g/mol. The molecule has 0 aliphatic heterocycles. The molecule has 0 aliphatic carbocycles. The summed E-state index contributed by atoms with van der Waals surface area (Å²) in [4.78, 5) is 4.64. The van der Waals surface area contributed by atoms with E-state index in [4.69, 9.17) is 4.74 Å². The van der Waals surface area contributed by atoms with Gasteiger partial charge in [0.1, 0.15) is 5.82 Å². The molecule has 0 unspecified atom stereocenters. The predicted molar refractivity (Wildman–Crippen MR) is 100 cm³/mol. The van der Waals surface area contributed by atoms with E-state index < -0.39 is 0 Å². The summed E-state index contributed by atoms with van der Waals surface area (Å²) in [6.45, 7) is 4.66. The average Bonchev–Trinajstić information content (AvgIpc) is 2.61. The molecular formula is C20H26FN3O. The largest absolute Gasteiger partial charge is 0.380 e. The lowest BCUT2D eigenvalue weighted by Gasteiger charge is -2.12. The summed E-state index contributed by atoms with van der Waals surface area (Å²) in [6, 6.07) is 14.8. The third kappa shape index (κ3) is 6.55. The highest BCUT2D eigenvalue weighted by Crippen LogP contribution is 2.11. The fraction of sp³-hybridized carbons (Fsp3) is 0.350. The number of hydrogen-bond acceptors (Lipinski definition) is 2. The van der Waals surface area contributed by atoms with E-state index in [1.807, 2.05) is 25.1 Å². The zero-order chi connectivity index (χ0) is 17.9. The molecule has 2 aromatic carbocycles. The molecule has 2 aromatic rings. The van der Waals surface area contributed by atoms with Gasteiger partial charge in [-0.1, -0.05) is 36.4 Å². The highest BCUT2D eigenvalue weighted by molar-refractivity contribution is 5.79. The Balaban J connectivity index is 1.94. The molecule has 134 valence electrons. The first-order valence-corrected chi connectivity index (χ1v) is 8.55. The fourth-order valence-corrected chi connectivity index (χ4v) is 2.53. The van der Waals surface area contributed by atoms with E-state index in [0.717, 1.165) is 35.6 Å². The minimum atomic E-state index is -0.201. The van der Waals surface area contributed by atoms with Crippen LogP contribution in [0.25, 0.3) is 0 Å². The maximum atomic E-state index is 13.2. The Kier molecular flexibility index (Phi) is 7.92. The molecule has 0 atom stereocenters. The molecule has 0 radical (unpaired) electrons. The summed E-state index contributed by atoms with van der Waals surface area (Å²) in [5.74, 6) is 0.555. The van der Waals surface area contributed by atoms with Crippen molar-refractivity contribution in [2.45, 2.75) is 26.5 Å². The number of halogens is 1. The number of hydrogen-bond donors (Lipinski definition) is 2. The molecule has 0 fully saturated rings. The van der Waals surface area contributed by atoms with E-state index in [0.29, 0.717) is 19.7 Å². The van der Waals surface area contributed by atoms with Crippen molar-refractivity contribution in [1.29, 1.82) is 0 Å². The summed E-state index contributed by atoms with van der Waals surface area (Å²) in [5, 5.41) is 6.53. The molecule has 2 N–H and O–H groups in total. The van der Waals surface area contributed by atoms with Crippen molar-refractivity contribution >= 4 is 5.96 Å². The van der Waals surface area contributed by atoms with Gasteiger partial charge >= 0.3 is 0 Å². The average molecular weight is 343 g/mol. The van der Waals surface area contributed by atoms with Crippen LogP contribution in [0.15, 0.2) is 53.5 Å². The van der Waals surface area contributed by atoms with Gasteiger partial charge in [0.05, 0.1) is 13.2 Å².